The van der Waals surface area contributed by atoms with Gasteiger partial charge < -0.3 is 4.42 Å². The maximum atomic E-state index is 5.69. The summed E-state index contributed by atoms with van der Waals surface area (Å²) >= 11 is 14.4. The van der Waals surface area contributed by atoms with Gasteiger partial charge in [0.2, 0.25) is 0 Å². The standard InChI is InChI=1S/C8H5Cl2NOS2/c9-6-4-14-8(11-6)13-3-5-1-2-7(10)12-5/h1-2,4H,3H2. The molecule has 0 aliphatic carbocycles. The monoisotopic (exact) mass is 265 g/mol. The Balaban J connectivity index is 1.94. The zero-order valence-electron chi connectivity index (χ0n) is 6.87. The van der Waals surface area contributed by atoms with Crippen molar-refractivity contribution in [2.45, 2.75) is 10.1 Å². The molecule has 0 fully saturated rings. The molecule has 2 aromatic rings. The summed E-state index contributed by atoms with van der Waals surface area (Å²) in [5.41, 5.74) is 0. The lowest BCUT2D eigenvalue weighted by Gasteiger charge is -1.92. The van der Waals surface area contributed by atoms with E-state index in [1.54, 1.807) is 23.2 Å². The number of hydrogen-bond donors (Lipinski definition) is 0. The molecule has 0 atom stereocenters. The Morgan fingerprint density at radius 1 is 1.43 bits per heavy atom. The average Bonchev–Trinajstić information content (AvgIpc) is 2.72. The molecule has 0 radical (unpaired) electrons. The van der Waals surface area contributed by atoms with Gasteiger partial charge >= 0.3 is 0 Å². The fourth-order valence-electron chi connectivity index (χ4n) is 0.867. The van der Waals surface area contributed by atoms with Gasteiger partial charge in [0.1, 0.15) is 10.9 Å². The zero-order chi connectivity index (χ0) is 9.97. The summed E-state index contributed by atoms with van der Waals surface area (Å²) in [7, 11) is 0. The van der Waals surface area contributed by atoms with Crippen molar-refractivity contribution < 1.29 is 4.42 Å². The summed E-state index contributed by atoms with van der Waals surface area (Å²) in [6.07, 6.45) is 0. The normalized spacial score (nSPS) is 10.7. The van der Waals surface area contributed by atoms with Crippen LogP contribution in [0.2, 0.25) is 10.4 Å². The van der Waals surface area contributed by atoms with Crippen LogP contribution in [0.3, 0.4) is 0 Å². The summed E-state index contributed by atoms with van der Waals surface area (Å²) in [6, 6.07) is 3.58. The van der Waals surface area contributed by atoms with Crippen molar-refractivity contribution in [2.75, 3.05) is 0 Å². The van der Waals surface area contributed by atoms with E-state index >= 15 is 0 Å². The average molecular weight is 266 g/mol. The van der Waals surface area contributed by atoms with Crippen LogP contribution in [0.4, 0.5) is 0 Å². The SMILES string of the molecule is Clc1csc(SCc2ccc(Cl)o2)n1. The van der Waals surface area contributed by atoms with Crippen LogP contribution in [0.5, 0.6) is 0 Å². The van der Waals surface area contributed by atoms with Crippen molar-refractivity contribution in [2.24, 2.45) is 0 Å². The van der Waals surface area contributed by atoms with E-state index in [0.717, 1.165) is 15.9 Å². The van der Waals surface area contributed by atoms with Gasteiger partial charge in [0.25, 0.3) is 0 Å². The first-order valence-corrected chi connectivity index (χ1v) is 6.34. The molecule has 2 rings (SSSR count). The van der Waals surface area contributed by atoms with E-state index in [2.05, 4.69) is 4.98 Å². The molecule has 0 saturated heterocycles. The predicted molar refractivity (Wildman–Crippen MR) is 60.4 cm³/mol. The highest BCUT2D eigenvalue weighted by Gasteiger charge is 2.04. The Labute approximate surface area is 99.2 Å². The lowest BCUT2D eigenvalue weighted by molar-refractivity contribution is 0.532. The topological polar surface area (TPSA) is 26.0 Å². The van der Waals surface area contributed by atoms with Crippen molar-refractivity contribution >= 4 is 46.3 Å². The third-order valence-corrected chi connectivity index (χ3v) is 3.99. The second-order valence-corrected chi connectivity index (χ2v) is 5.27. The molecule has 0 aromatic carbocycles. The number of aromatic nitrogens is 1. The summed E-state index contributed by atoms with van der Waals surface area (Å²) in [5, 5.41) is 2.76. The number of thiazole rings is 1. The summed E-state index contributed by atoms with van der Waals surface area (Å²) < 4.78 is 6.13. The van der Waals surface area contributed by atoms with Crippen LogP contribution in [-0.2, 0) is 5.75 Å². The van der Waals surface area contributed by atoms with Crippen LogP contribution in [-0.4, -0.2) is 4.98 Å². The lowest BCUT2D eigenvalue weighted by Crippen LogP contribution is -1.74. The first-order chi connectivity index (χ1) is 6.74. The maximum absolute atomic E-state index is 5.69. The van der Waals surface area contributed by atoms with E-state index in [1.807, 2.05) is 6.07 Å². The smallest absolute Gasteiger partial charge is 0.193 e. The van der Waals surface area contributed by atoms with Gasteiger partial charge in [-0.2, -0.15) is 0 Å². The number of thioether (sulfide) groups is 1. The number of nitrogens with zero attached hydrogens (tertiary/aromatic N) is 1. The molecule has 2 nitrogen and oxygen atoms in total. The number of furan rings is 1. The zero-order valence-corrected chi connectivity index (χ0v) is 10.0. The van der Waals surface area contributed by atoms with E-state index in [1.165, 1.54) is 11.3 Å². The molecule has 0 aliphatic heterocycles. The number of halogens is 2. The van der Waals surface area contributed by atoms with Crippen molar-refractivity contribution in [3.05, 3.63) is 33.6 Å². The molecule has 0 amide bonds. The van der Waals surface area contributed by atoms with Crippen molar-refractivity contribution in [3.63, 3.8) is 0 Å². The number of rotatable bonds is 3. The molecule has 2 aromatic heterocycles. The summed E-state index contributed by atoms with van der Waals surface area (Å²) in [4.78, 5) is 4.10. The third-order valence-electron chi connectivity index (χ3n) is 1.42. The number of hydrogen-bond acceptors (Lipinski definition) is 4. The van der Waals surface area contributed by atoms with Gasteiger partial charge in [-0.05, 0) is 23.7 Å². The Kier molecular flexibility index (Phi) is 3.38. The van der Waals surface area contributed by atoms with Gasteiger partial charge in [0, 0.05) is 5.38 Å². The Morgan fingerprint density at radius 2 is 2.29 bits per heavy atom. The fraction of sp³-hybridized carbons (Fsp3) is 0.125. The predicted octanol–water partition coefficient (Wildman–Crippen LogP) is 4.34. The fourth-order valence-corrected chi connectivity index (χ4v) is 2.93. The van der Waals surface area contributed by atoms with E-state index in [0.29, 0.717) is 10.4 Å². The van der Waals surface area contributed by atoms with E-state index in [4.69, 9.17) is 27.6 Å². The van der Waals surface area contributed by atoms with Crippen molar-refractivity contribution in [1.82, 2.24) is 4.98 Å². The minimum Gasteiger partial charge on any atom is -0.449 e. The van der Waals surface area contributed by atoms with Crippen LogP contribution in [0, 0.1) is 0 Å². The van der Waals surface area contributed by atoms with Gasteiger partial charge in [-0.25, -0.2) is 4.98 Å². The molecule has 0 bridgehead atoms. The second-order valence-electron chi connectivity index (χ2n) is 2.43. The van der Waals surface area contributed by atoms with Gasteiger partial charge in [0.05, 0.1) is 5.75 Å². The molecule has 6 heteroatoms. The van der Waals surface area contributed by atoms with Gasteiger partial charge in [-0.1, -0.05) is 23.4 Å². The third kappa shape index (κ3) is 2.67. The van der Waals surface area contributed by atoms with Crippen molar-refractivity contribution in [3.8, 4) is 0 Å². The van der Waals surface area contributed by atoms with Crippen LogP contribution >= 0.6 is 46.3 Å². The quantitative estimate of drug-likeness (QED) is 0.773. The first-order valence-electron chi connectivity index (χ1n) is 3.72. The molecule has 14 heavy (non-hydrogen) atoms. The van der Waals surface area contributed by atoms with Crippen molar-refractivity contribution in [1.29, 1.82) is 0 Å². The first kappa shape index (κ1) is 10.4. The molecule has 0 N–H and O–H groups in total. The minimum absolute atomic E-state index is 0.415. The van der Waals surface area contributed by atoms with E-state index < -0.39 is 0 Å². The maximum Gasteiger partial charge on any atom is 0.193 e. The lowest BCUT2D eigenvalue weighted by atomic mass is 10.5. The van der Waals surface area contributed by atoms with Gasteiger partial charge in [-0.15, -0.1) is 11.3 Å². The molecule has 0 spiro atoms. The van der Waals surface area contributed by atoms with Crippen LogP contribution in [0.1, 0.15) is 5.76 Å². The Morgan fingerprint density at radius 3 is 2.86 bits per heavy atom. The largest absolute Gasteiger partial charge is 0.449 e. The summed E-state index contributed by atoms with van der Waals surface area (Å²) in [6.45, 7) is 0. The highest BCUT2D eigenvalue weighted by molar-refractivity contribution is 8.00. The minimum atomic E-state index is 0.415. The molecule has 0 unspecified atom stereocenters. The van der Waals surface area contributed by atoms with E-state index in [9.17, 15) is 0 Å². The molecule has 0 saturated carbocycles. The molecule has 74 valence electrons. The highest BCUT2D eigenvalue weighted by atomic mass is 35.5. The Hall–Kier alpha value is -0.160. The van der Waals surface area contributed by atoms with E-state index in [-0.39, 0.29) is 0 Å². The van der Waals surface area contributed by atoms with Crippen LogP contribution in [0.25, 0.3) is 0 Å². The highest BCUT2D eigenvalue weighted by Crippen LogP contribution is 2.28. The second kappa shape index (κ2) is 4.57. The molecule has 0 aliphatic rings. The Bertz CT molecular complexity index is 386. The molecular formula is C8H5Cl2NOS2. The molecular weight excluding hydrogens is 261 g/mol. The van der Waals surface area contributed by atoms with Crippen LogP contribution < -0.4 is 0 Å². The summed E-state index contributed by atoms with van der Waals surface area (Å²) in [5.74, 6) is 1.56. The van der Waals surface area contributed by atoms with Gasteiger partial charge in [0.15, 0.2) is 9.56 Å². The van der Waals surface area contributed by atoms with Crippen LogP contribution in [0.15, 0.2) is 26.3 Å². The molecule has 2 heterocycles. The van der Waals surface area contributed by atoms with Gasteiger partial charge in [-0.3, -0.25) is 0 Å².